The number of H-pyrrole nitrogens is 1. The first kappa shape index (κ1) is 13.3. The van der Waals surface area contributed by atoms with Crippen molar-refractivity contribution in [2.24, 2.45) is 0 Å². The van der Waals surface area contributed by atoms with Crippen LogP contribution >= 0.6 is 11.3 Å². The molecule has 0 saturated carbocycles. The van der Waals surface area contributed by atoms with Crippen LogP contribution in [0.5, 0.6) is 0 Å². The number of hydrogen-bond donors (Lipinski definition) is 2. The van der Waals surface area contributed by atoms with Crippen molar-refractivity contribution < 1.29 is 0 Å². The highest BCUT2D eigenvalue weighted by atomic mass is 32.1. The Morgan fingerprint density at radius 3 is 2.95 bits per heavy atom. The standard InChI is InChI=1S/C15H21N5S/c1-16-11-5-7-20(8-6-11)15-17-14(18-19-15)13-9-10-3-2-4-12(10)21-13/h9,11,16H,2-8H2,1H3,(H,17,18,19). The lowest BCUT2D eigenvalue weighted by Gasteiger charge is -2.30. The average molecular weight is 303 g/mol. The summed E-state index contributed by atoms with van der Waals surface area (Å²) < 4.78 is 0. The molecule has 2 N–H and O–H groups in total. The summed E-state index contributed by atoms with van der Waals surface area (Å²) >= 11 is 1.88. The van der Waals surface area contributed by atoms with Crippen LogP contribution in [0.4, 0.5) is 5.95 Å². The highest BCUT2D eigenvalue weighted by molar-refractivity contribution is 7.15. The Morgan fingerprint density at radius 2 is 2.19 bits per heavy atom. The van der Waals surface area contributed by atoms with Gasteiger partial charge in [0.05, 0.1) is 4.88 Å². The smallest absolute Gasteiger partial charge is 0.245 e. The van der Waals surface area contributed by atoms with E-state index in [-0.39, 0.29) is 0 Å². The van der Waals surface area contributed by atoms with Crippen LogP contribution < -0.4 is 10.2 Å². The zero-order valence-electron chi connectivity index (χ0n) is 12.4. The number of aromatic amines is 1. The predicted octanol–water partition coefficient (Wildman–Crippen LogP) is 2.21. The number of aryl methyl sites for hydroxylation is 2. The zero-order chi connectivity index (χ0) is 14.2. The second-order valence-corrected chi connectivity index (χ2v) is 7.08. The number of fused-ring (bicyclic) bond motifs is 1. The molecule has 0 aromatic carbocycles. The van der Waals surface area contributed by atoms with Gasteiger partial charge in [0.25, 0.3) is 0 Å². The maximum absolute atomic E-state index is 4.72. The fourth-order valence-corrected chi connectivity index (χ4v) is 4.51. The molecule has 3 heterocycles. The summed E-state index contributed by atoms with van der Waals surface area (Å²) in [6.45, 7) is 2.06. The number of piperidine rings is 1. The molecule has 112 valence electrons. The molecule has 0 unspecified atom stereocenters. The maximum atomic E-state index is 4.72. The molecule has 1 saturated heterocycles. The molecular formula is C15H21N5S. The van der Waals surface area contributed by atoms with Crippen molar-refractivity contribution in [2.75, 3.05) is 25.0 Å². The lowest BCUT2D eigenvalue weighted by Crippen LogP contribution is -2.41. The number of aromatic nitrogens is 3. The highest BCUT2D eigenvalue weighted by Crippen LogP contribution is 2.35. The normalized spacial score (nSPS) is 19.2. The van der Waals surface area contributed by atoms with Gasteiger partial charge >= 0.3 is 0 Å². The Hall–Kier alpha value is -1.40. The van der Waals surface area contributed by atoms with E-state index in [4.69, 9.17) is 4.98 Å². The minimum atomic E-state index is 0.639. The van der Waals surface area contributed by atoms with Crippen LogP contribution in [0.1, 0.15) is 29.7 Å². The SMILES string of the molecule is CNC1CCN(c2n[nH]c(-c3cc4c(s3)CCC4)n2)CC1. The van der Waals surface area contributed by atoms with Crippen LogP contribution in [-0.4, -0.2) is 41.4 Å². The van der Waals surface area contributed by atoms with Crippen LogP contribution in [0.3, 0.4) is 0 Å². The van der Waals surface area contributed by atoms with E-state index in [1.807, 2.05) is 18.4 Å². The predicted molar refractivity (Wildman–Crippen MR) is 86.0 cm³/mol. The van der Waals surface area contributed by atoms with Gasteiger partial charge in [-0.25, -0.2) is 0 Å². The van der Waals surface area contributed by atoms with Gasteiger partial charge in [0.1, 0.15) is 0 Å². The van der Waals surface area contributed by atoms with Crippen LogP contribution in [0, 0.1) is 0 Å². The Morgan fingerprint density at radius 1 is 1.33 bits per heavy atom. The third-order valence-corrected chi connectivity index (χ3v) is 5.88. The summed E-state index contributed by atoms with van der Waals surface area (Å²) in [4.78, 5) is 9.78. The van der Waals surface area contributed by atoms with Crippen LogP contribution in [0.15, 0.2) is 6.07 Å². The molecule has 0 spiro atoms. The van der Waals surface area contributed by atoms with Gasteiger partial charge in [-0.15, -0.1) is 16.4 Å². The molecule has 0 amide bonds. The van der Waals surface area contributed by atoms with Crippen molar-refractivity contribution in [1.29, 1.82) is 0 Å². The van der Waals surface area contributed by atoms with Crippen LogP contribution in [-0.2, 0) is 12.8 Å². The van der Waals surface area contributed by atoms with E-state index in [2.05, 4.69) is 26.5 Å². The molecule has 2 aromatic heterocycles. The summed E-state index contributed by atoms with van der Waals surface area (Å²) in [5.41, 5.74) is 1.52. The van der Waals surface area contributed by atoms with Gasteiger partial charge in [0.15, 0.2) is 5.82 Å². The van der Waals surface area contributed by atoms with E-state index in [1.165, 1.54) is 34.6 Å². The minimum absolute atomic E-state index is 0.639. The first-order chi connectivity index (χ1) is 10.3. The minimum Gasteiger partial charge on any atom is -0.339 e. The lowest BCUT2D eigenvalue weighted by atomic mass is 10.1. The molecule has 0 radical (unpaired) electrons. The molecule has 4 rings (SSSR count). The van der Waals surface area contributed by atoms with E-state index in [1.54, 1.807) is 0 Å². The summed E-state index contributed by atoms with van der Waals surface area (Å²) in [5, 5.41) is 10.9. The molecule has 5 nitrogen and oxygen atoms in total. The Labute approximate surface area is 128 Å². The monoisotopic (exact) mass is 303 g/mol. The molecular weight excluding hydrogens is 282 g/mol. The highest BCUT2D eigenvalue weighted by Gasteiger charge is 2.22. The van der Waals surface area contributed by atoms with Crippen molar-refractivity contribution in [3.63, 3.8) is 0 Å². The number of nitrogens with zero attached hydrogens (tertiary/aromatic N) is 3. The zero-order valence-corrected chi connectivity index (χ0v) is 13.2. The van der Waals surface area contributed by atoms with Crippen LogP contribution in [0.25, 0.3) is 10.7 Å². The first-order valence-corrected chi connectivity index (χ1v) is 8.61. The quantitative estimate of drug-likeness (QED) is 0.913. The summed E-state index contributed by atoms with van der Waals surface area (Å²) in [5.74, 6) is 1.79. The van der Waals surface area contributed by atoms with E-state index in [0.717, 1.165) is 37.7 Å². The second kappa shape index (κ2) is 5.42. The molecule has 1 aliphatic carbocycles. The molecule has 21 heavy (non-hydrogen) atoms. The third kappa shape index (κ3) is 2.46. The number of rotatable bonds is 3. The van der Waals surface area contributed by atoms with Gasteiger partial charge in [-0.05, 0) is 50.8 Å². The van der Waals surface area contributed by atoms with Crippen molar-refractivity contribution >= 4 is 17.3 Å². The number of anilines is 1. The Kier molecular flexibility index (Phi) is 3.43. The van der Waals surface area contributed by atoms with Gasteiger partial charge in [-0.3, -0.25) is 5.10 Å². The molecule has 1 fully saturated rings. The van der Waals surface area contributed by atoms with Gasteiger partial charge in [-0.2, -0.15) is 4.98 Å². The molecule has 2 aromatic rings. The molecule has 0 bridgehead atoms. The largest absolute Gasteiger partial charge is 0.339 e. The van der Waals surface area contributed by atoms with Gasteiger partial charge in [0.2, 0.25) is 5.95 Å². The molecule has 6 heteroatoms. The van der Waals surface area contributed by atoms with E-state index < -0.39 is 0 Å². The van der Waals surface area contributed by atoms with Gasteiger partial charge in [-0.1, -0.05) is 0 Å². The first-order valence-electron chi connectivity index (χ1n) is 7.80. The Bertz CT molecular complexity index is 602. The number of nitrogens with one attached hydrogen (secondary N) is 2. The van der Waals surface area contributed by atoms with Crippen molar-refractivity contribution in [2.45, 2.75) is 38.1 Å². The van der Waals surface area contributed by atoms with Crippen molar-refractivity contribution in [1.82, 2.24) is 20.5 Å². The van der Waals surface area contributed by atoms with Crippen molar-refractivity contribution in [3.05, 3.63) is 16.5 Å². The van der Waals surface area contributed by atoms with Gasteiger partial charge in [0, 0.05) is 24.0 Å². The molecule has 2 aliphatic rings. The number of hydrogen-bond acceptors (Lipinski definition) is 5. The summed E-state index contributed by atoms with van der Waals surface area (Å²) in [6.07, 6.45) is 6.09. The van der Waals surface area contributed by atoms with Crippen LogP contribution in [0.2, 0.25) is 0 Å². The average Bonchev–Trinajstić information content (AvgIpc) is 3.22. The maximum Gasteiger partial charge on any atom is 0.245 e. The number of thiophene rings is 1. The van der Waals surface area contributed by atoms with Gasteiger partial charge < -0.3 is 10.2 Å². The fourth-order valence-electron chi connectivity index (χ4n) is 3.32. The fraction of sp³-hybridized carbons (Fsp3) is 0.600. The molecule has 0 atom stereocenters. The summed E-state index contributed by atoms with van der Waals surface area (Å²) in [6, 6.07) is 2.93. The van der Waals surface area contributed by atoms with Crippen molar-refractivity contribution in [3.8, 4) is 10.7 Å². The lowest BCUT2D eigenvalue weighted by molar-refractivity contribution is 0.439. The van der Waals surface area contributed by atoms with E-state index >= 15 is 0 Å². The van der Waals surface area contributed by atoms with E-state index in [9.17, 15) is 0 Å². The van der Waals surface area contributed by atoms with E-state index in [0.29, 0.717) is 6.04 Å². The molecule has 1 aliphatic heterocycles. The second-order valence-electron chi connectivity index (χ2n) is 5.95. The third-order valence-electron chi connectivity index (χ3n) is 4.64. The topological polar surface area (TPSA) is 56.8 Å². The summed E-state index contributed by atoms with van der Waals surface area (Å²) in [7, 11) is 2.04. The Balaban J connectivity index is 1.50.